The molecule has 2 aromatic heterocycles. The monoisotopic (exact) mass is 588 g/mol. The largest absolute Gasteiger partial charge is 0.478 e. The molecular weight excluding hydrogens is 568 g/mol. The van der Waals surface area contributed by atoms with Gasteiger partial charge in [-0.05, 0) is 35.7 Å². The number of hydrogen-bond acceptors (Lipinski definition) is 9. The number of sulfonamides is 1. The summed E-state index contributed by atoms with van der Waals surface area (Å²) in [5, 5.41) is 32.6. The number of hydrazone groups is 1. The van der Waals surface area contributed by atoms with Crippen molar-refractivity contribution in [3.63, 3.8) is 0 Å². The van der Waals surface area contributed by atoms with Gasteiger partial charge in [-0.3, -0.25) is 20.3 Å². The van der Waals surface area contributed by atoms with Gasteiger partial charge < -0.3 is 5.11 Å². The highest BCUT2D eigenvalue weighted by Crippen LogP contribution is 2.30. The number of hydrogen-bond donors (Lipinski definition) is 3. The first-order valence-electron chi connectivity index (χ1n) is 11.8. The van der Waals surface area contributed by atoms with E-state index in [-0.39, 0.29) is 16.9 Å². The van der Waals surface area contributed by atoms with E-state index in [0.29, 0.717) is 11.3 Å². The summed E-state index contributed by atoms with van der Waals surface area (Å²) in [4.78, 5) is 21.8. The average molecular weight is 589 g/mol. The maximum atomic E-state index is 13.3. The van der Waals surface area contributed by atoms with Crippen molar-refractivity contribution in [3.8, 4) is 16.3 Å². The zero-order chi connectivity index (χ0) is 29.0. The van der Waals surface area contributed by atoms with E-state index in [9.17, 15) is 28.4 Å². The molecule has 0 aliphatic carbocycles. The highest BCUT2D eigenvalue weighted by Gasteiger charge is 2.24. The van der Waals surface area contributed by atoms with E-state index in [1.165, 1.54) is 47.9 Å². The van der Waals surface area contributed by atoms with Crippen molar-refractivity contribution in [1.82, 2.24) is 9.78 Å². The Morgan fingerprint density at radius 3 is 2.49 bits per heavy atom. The second-order valence-corrected chi connectivity index (χ2v) is 11.0. The summed E-state index contributed by atoms with van der Waals surface area (Å²) >= 11 is 1.50. The fraction of sp³-hybridized carbons (Fsp3) is 0. The Balaban J connectivity index is 1.50. The lowest BCUT2D eigenvalue weighted by Gasteiger charge is -2.13. The number of benzene rings is 3. The lowest BCUT2D eigenvalue weighted by Crippen LogP contribution is -2.17. The predicted molar refractivity (Wildman–Crippen MR) is 155 cm³/mol. The molecule has 0 atom stereocenters. The van der Waals surface area contributed by atoms with Gasteiger partial charge in [0.2, 0.25) is 0 Å². The van der Waals surface area contributed by atoms with Crippen LogP contribution in [0.4, 0.5) is 17.1 Å². The number of nitro benzene ring substituents is 1. The van der Waals surface area contributed by atoms with Crippen LogP contribution in [0.1, 0.15) is 15.9 Å². The SMILES string of the molecule is O=C(O)c1ccccc1NS(=O)(=O)c1cc([N+](=O)[O-])ccc1N/N=C/c1cn(-c2cccs2)nc1-c1ccccc1. The molecule has 5 aromatic rings. The van der Waals surface area contributed by atoms with Crippen molar-refractivity contribution in [2.45, 2.75) is 4.90 Å². The Hall–Kier alpha value is -5.34. The zero-order valence-electron chi connectivity index (χ0n) is 20.9. The van der Waals surface area contributed by atoms with E-state index >= 15 is 0 Å². The van der Waals surface area contributed by atoms with Gasteiger partial charge in [0.1, 0.15) is 15.6 Å². The molecule has 0 aliphatic heterocycles. The smallest absolute Gasteiger partial charge is 0.337 e. The van der Waals surface area contributed by atoms with Crippen molar-refractivity contribution < 1.29 is 23.2 Å². The Bertz CT molecular complexity index is 1870. The second kappa shape index (κ2) is 11.4. The zero-order valence-corrected chi connectivity index (χ0v) is 22.5. The normalized spacial score (nSPS) is 11.4. The Labute approximate surface area is 237 Å². The van der Waals surface area contributed by atoms with E-state index in [1.807, 2.05) is 47.8 Å². The Kier molecular flexibility index (Phi) is 7.58. The van der Waals surface area contributed by atoms with E-state index in [1.54, 1.807) is 10.9 Å². The number of carboxylic acid groups (broad SMARTS) is 1. The fourth-order valence-electron chi connectivity index (χ4n) is 3.88. The van der Waals surface area contributed by atoms with Crippen molar-refractivity contribution in [3.05, 3.63) is 118 Å². The van der Waals surface area contributed by atoms with E-state index in [2.05, 4.69) is 20.3 Å². The van der Waals surface area contributed by atoms with Crippen LogP contribution in [0.25, 0.3) is 16.3 Å². The first-order chi connectivity index (χ1) is 19.7. The molecule has 0 aliphatic rings. The van der Waals surface area contributed by atoms with Gasteiger partial charge in [0.15, 0.2) is 0 Å². The number of nitrogens with zero attached hydrogens (tertiary/aromatic N) is 4. The molecule has 3 N–H and O–H groups in total. The van der Waals surface area contributed by atoms with Gasteiger partial charge in [-0.2, -0.15) is 10.2 Å². The summed E-state index contributed by atoms with van der Waals surface area (Å²) in [5.41, 5.74) is 3.72. The third kappa shape index (κ3) is 5.98. The lowest BCUT2D eigenvalue weighted by atomic mass is 10.1. The third-order valence-corrected chi connectivity index (χ3v) is 8.04. The molecule has 5 rings (SSSR count). The number of carbonyl (C=O) groups is 1. The van der Waals surface area contributed by atoms with Crippen molar-refractivity contribution in [1.29, 1.82) is 0 Å². The van der Waals surface area contributed by atoms with Crippen LogP contribution < -0.4 is 10.1 Å². The highest BCUT2D eigenvalue weighted by molar-refractivity contribution is 7.93. The lowest BCUT2D eigenvalue weighted by molar-refractivity contribution is -0.385. The van der Waals surface area contributed by atoms with Crippen LogP contribution in [0, 0.1) is 10.1 Å². The molecule has 0 unspecified atom stereocenters. The van der Waals surface area contributed by atoms with Gasteiger partial charge in [-0.15, -0.1) is 11.3 Å². The van der Waals surface area contributed by atoms with Crippen LogP contribution in [-0.4, -0.2) is 40.4 Å². The maximum Gasteiger partial charge on any atom is 0.337 e. The molecule has 206 valence electrons. The van der Waals surface area contributed by atoms with E-state index in [4.69, 9.17) is 0 Å². The van der Waals surface area contributed by atoms with Gasteiger partial charge in [0, 0.05) is 29.5 Å². The van der Waals surface area contributed by atoms with E-state index < -0.39 is 31.5 Å². The van der Waals surface area contributed by atoms with Gasteiger partial charge >= 0.3 is 5.97 Å². The molecule has 0 saturated heterocycles. The van der Waals surface area contributed by atoms with Crippen LogP contribution in [0.5, 0.6) is 0 Å². The number of nitro groups is 1. The minimum Gasteiger partial charge on any atom is -0.478 e. The Morgan fingerprint density at radius 2 is 1.78 bits per heavy atom. The molecule has 0 bridgehead atoms. The maximum absolute atomic E-state index is 13.3. The molecule has 0 fully saturated rings. The van der Waals surface area contributed by atoms with Crippen LogP contribution in [0.2, 0.25) is 0 Å². The minimum atomic E-state index is -4.50. The van der Waals surface area contributed by atoms with Crippen molar-refractivity contribution in [2.24, 2.45) is 5.10 Å². The summed E-state index contributed by atoms with van der Waals surface area (Å²) in [6, 6.07) is 21.9. The molecule has 12 nitrogen and oxygen atoms in total. The third-order valence-electron chi connectivity index (χ3n) is 5.78. The molecule has 0 radical (unpaired) electrons. The number of anilines is 2. The minimum absolute atomic E-state index is 0.0703. The van der Waals surface area contributed by atoms with Crippen LogP contribution in [-0.2, 0) is 10.0 Å². The summed E-state index contributed by atoms with van der Waals surface area (Å²) in [5.74, 6) is -1.34. The molecule has 0 saturated carbocycles. The Morgan fingerprint density at radius 1 is 1.02 bits per heavy atom. The number of para-hydroxylation sites is 1. The summed E-state index contributed by atoms with van der Waals surface area (Å²) in [6.45, 7) is 0. The molecule has 0 amide bonds. The first kappa shape index (κ1) is 27.2. The summed E-state index contributed by atoms with van der Waals surface area (Å²) in [6.07, 6.45) is 3.24. The first-order valence-corrected chi connectivity index (χ1v) is 14.2. The van der Waals surface area contributed by atoms with Crippen molar-refractivity contribution in [2.75, 3.05) is 10.1 Å². The summed E-state index contributed by atoms with van der Waals surface area (Å²) < 4.78 is 30.6. The van der Waals surface area contributed by atoms with E-state index in [0.717, 1.165) is 22.7 Å². The van der Waals surface area contributed by atoms with Crippen molar-refractivity contribution >= 4 is 50.6 Å². The van der Waals surface area contributed by atoms with Gasteiger partial charge in [-0.1, -0.05) is 42.5 Å². The summed E-state index contributed by atoms with van der Waals surface area (Å²) in [7, 11) is -4.50. The molecule has 0 spiro atoms. The van der Waals surface area contributed by atoms with Gasteiger partial charge in [0.05, 0.1) is 28.1 Å². The number of thiophene rings is 1. The average Bonchev–Trinajstić information content (AvgIpc) is 3.64. The highest BCUT2D eigenvalue weighted by atomic mass is 32.2. The number of aromatic nitrogens is 2. The number of carboxylic acids is 1. The second-order valence-electron chi connectivity index (χ2n) is 8.46. The quantitative estimate of drug-likeness (QED) is 0.110. The van der Waals surface area contributed by atoms with Crippen LogP contribution in [0.15, 0.2) is 107 Å². The molecule has 2 heterocycles. The van der Waals surface area contributed by atoms with Gasteiger partial charge in [0.25, 0.3) is 15.7 Å². The van der Waals surface area contributed by atoms with Crippen LogP contribution in [0.3, 0.4) is 0 Å². The standard InChI is InChI=1S/C27H20N6O6S2/c34-27(35)21-9-4-5-10-22(21)31-41(38,39)24-15-20(33(36)37)12-13-23(24)29-28-16-19-17-32(25-11-6-14-40-25)30-26(19)18-7-2-1-3-8-18/h1-17,29,31H,(H,34,35)/b28-16+. The number of nitrogens with one attached hydrogen (secondary N) is 2. The van der Waals surface area contributed by atoms with Gasteiger partial charge in [-0.25, -0.2) is 17.9 Å². The number of aromatic carboxylic acids is 1. The molecular formula is C27H20N6O6S2. The van der Waals surface area contributed by atoms with Crippen LogP contribution >= 0.6 is 11.3 Å². The number of rotatable bonds is 10. The molecule has 41 heavy (non-hydrogen) atoms. The predicted octanol–water partition coefficient (Wildman–Crippen LogP) is 5.45. The fourth-order valence-corrected chi connectivity index (χ4v) is 5.80. The molecule has 3 aromatic carbocycles. The number of non-ortho nitro benzene ring substituents is 1. The molecule has 14 heteroatoms. The topological polar surface area (TPSA) is 169 Å².